The second-order valence-corrected chi connectivity index (χ2v) is 5.97. The van der Waals surface area contributed by atoms with Gasteiger partial charge in [0.2, 0.25) is 5.88 Å². The van der Waals surface area contributed by atoms with E-state index in [1.165, 1.54) is 7.11 Å². The molecule has 0 saturated heterocycles. The number of methoxy groups -OCH3 is 1. The van der Waals surface area contributed by atoms with E-state index in [1.54, 1.807) is 33.0 Å². The maximum Gasteiger partial charge on any atom is 0.407 e. The fourth-order valence-corrected chi connectivity index (χ4v) is 1.94. The molecule has 0 fully saturated rings. The second kappa shape index (κ2) is 7.47. The minimum absolute atomic E-state index is 0.244. The Labute approximate surface area is 130 Å². The van der Waals surface area contributed by atoms with Crippen LogP contribution in [0.2, 0.25) is 5.02 Å². The van der Waals surface area contributed by atoms with Gasteiger partial charge in [-0.2, -0.15) is 0 Å². The second-order valence-electron chi connectivity index (χ2n) is 5.56. The Bertz CT molecular complexity index is 489. The van der Waals surface area contributed by atoms with Crippen molar-refractivity contribution in [1.29, 1.82) is 0 Å². The number of ether oxygens (including phenoxy) is 2. The Morgan fingerprint density at radius 1 is 1.52 bits per heavy atom. The van der Waals surface area contributed by atoms with Crippen LogP contribution in [0.4, 0.5) is 4.79 Å². The third kappa shape index (κ3) is 5.77. The summed E-state index contributed by atoms with van der Waals surface area (Å²) in [4.78, 5) is 15.9. The number of rotatable bonds is 5. The van der Waals surface area contributed by atoms with Crippen LogP contribution in [0, 0.1) is 0 Å². The molecule has 1 atom stereocenters. The Balaban J connectivity index is 2.77. The minimum atomic E-state index is -0.563. The van der Waals surface area contributed by atoms with Gasteiger partial charge in [0.25, 0.3) is 0 Å². The van der Waals surface area contributed by atoms with Crippen LogP contribution in [-0.4, -0.2) is 36.4 Å². The predicted molar refractivity (Wildman–Crippen MR) is 81.7 cm³/mol. The zero-order valence-corrected chi connectivity index (χ0v) is 13.5. The molecule has 1 unspecified atom stereocenters. The van der Waals surface area contributed by atoms with Gasteiger partial charge in [0.05, 0.1) is 12.1 Å². The van der Waals surface area contributed by atoms with E-state index in [4.69, 9.17) is 26.8 Å². The molecule has 0 aliphatic rings. The van der Waals surface area contributed by atoms with Crippen molar-refractivity contribution >= 4 is 17.7 Å². The third-order valence-corrected chi connectivity index (χ3v) is 2.96. The number of amides is 1. The molecule has 0 aliphatic carbocycles. The smallest absolute Gasteiger partial charge is 0.407 e. The number of nitrogens with zero attached hydrogens (tertiary/aromatic N) is 1. The van der Waals surface area contributed by atoms with Gasteiger partial charge in [-0.15, -0.1) is 0 Å². The molecule has 0 spiro atoms. The van der Waals surface area contributed by atoms with Gasteiger partial charge >= 0.3 is 6.09 Å². The Kier molecular flexibility index (Phi) is 6.23. The maximum absolute atomic E-state index is 11.8. The van der Waals surface area contributed by atoms with Crippen LogP contribution in [0.5, 0.6) is 5.88 Å². The highest BCUT2D eigenvalue weighted by Gasteiger charge is 2.21. The molecule has 1 amide bonds. The van der Waals surface area contributed by atoms with Crippen molar-refractivity contribution < 1.29 is 14.3 Å². The number of halogens is 1. The van der Waals surface area contributed by atoms with E-state index in [9.17, 15) is 4.79 Å². The van der Waals surface area contributed by atoms with Crippen LogP contribution in [0.25, 0.3) is 0 Å². The molecular formula is C14H22ClN3O3. The van der Waals surface area contributed by atoms with E-state index in [-0.39, 0.29) is 12.6 Å². The molecule has 21 heavy (non-hydrogen) atoms. The van der Waals surface area contributed by atoms with Crippen molar-refractivity contribution in [3.63, 3.8) is 0 Å². The lowest BCUT2D eigenvalue weighted by molar-refractivity contribution is 0.0505. The molecule has 1 heterocycles. The molecular weight excluding hydrogens is 294 g/mol. The van der Waals surface area contributed by atoms with Gasteiger partial charge in [-0.05, 0) is 26.8 Å². The monoisotopic (exact) mass is 315 g/mol. The summed E-state index contributed by atoms with van der Waals surface area (Å²) in [7, 11) is 1.51. The quantitative estimate of drug-likeness (QED) is 0.869. The summed E-state index contributed by atoms with van der Waals surface area (Å²) < 4.78 is 10.4. The molecule has 0 aliphatic heterocycles. The first-order chi connectivity index (χ1) is 9.76. The zero-order chi connectivity index (χ0) is 16.0. The highest BCUT2D eigenvalue weighted by molar-refractivity contribution is 6.31. The fourth-order valence-electron chi connectivity index (χ4n) is 1.73. The molecule has 3 N–H and O–H groups in total. The standard InChI is InChI=1S/C14H22ClN3O3/c1-14(2,3)21-13(19)18-9(8-16)7-10-11(15)5-6-17-12(10)20-4/h5-6,9H,7-8,16H2,1-4H3,(H,18,19). The lowest BCUT2D eigenvalue weighted by Gasteiger charge is -2.23. The number of hydrogen-bond acceptors (Lipinski definition) is 5. The van der Waals surface area contributed by atoms with E-state index in [1.807, 2.05) is 0 Å². The molecule has 0 saturated carbocycles. The van der Waals surface area contributed by atoms with Crippen molar-refractivity contribution in [3.05, 3.63) is 22.8 Å². The molecule has 1 aromatic rings. The van der Waals surface area contributed by atoms with Gasteiger partial charge in [-0.3, -0.25) is 0 Å². The Morgan fingerprint density at radius 2 is 2.19 bits per heavy atom. The van der Waals surface area contributed by atoms with Crippen LogP contribution in [0.1, 0.15) is 26.3 Å². The lowest BCUT2D eigenvalue weighted by atomic mass is 10.1. The molecule has 1 rings (SSSR count). The van der Waals surface area contributed by atoms with Crippen molar-refractivity contribution in [2.45, 2.75) is 38.8 Å². The summed E-state index contributed by atoms with van der Waals surface area (Å²) in [5.74, 6) is 0.423. The van der Waals surface area contributed by atoms with Crippen LogP contribution >= 0.6 is 11.6 Å². The van der Waals surface area contributed by atoms with Gasteiger partial charge in [-0.25, -0.2) is 9.78 Å². The summed E-state index contributed by atoms with van der Waals surface area (Å²) >= 11 is 6.15. The number of alkyl carbamates (subject to hydrolysis) is 1. The molecule has 7 heteroatoms. The average Bonchev–Trinajstić information content (AvgIpc) is 2.37. The number of pyridine rings is 1. The van der Waals surface area contributed by atoms with Crippen LogP contribution < -0.4 is 15.8 Å². The maximum atomic E-state index is 11.8. The van der Waals surface area contributed by atoms with Crippen molar-refractivity contribution in [3.8, 4) is 5.88 Å². The minimum Gasteiger partial charge on any atom is -0.481 e. The Morgan fingerprint density at radius 3 is 2.71 bits per heavy atom. The number of aromatic nitrogens is 1. The van der Waals surface area contributed by atoms with Crippen LogP contribution in [-0.2, 0) is 11.2 Å². The fraction of sp³-hybridized carbons (Fsp3) is 0.571. The highest BCUT2D eigenvalue weighted by Crippen LogP contribution is 2.25. The van der Waals surface area contributed by atoms with Gasteiger partial charge < -0.3 is 20.5 Å². The summed E-state index contributed by atoms with van der Waals surface area (Å²) in [6.07, 6.45) is 1.45. The number of nitrogens with two attached hydrogens (primary N) is 1. The van der Waals surface area contributed by atoms with Crippen molar-refractivity contribution in [1.82, 2.24) is 10.3 Å². The molecule has 118 valence electrons. The zero-order valence-electron chi connectivity index (χ0n) is 12.8. The number of carbonyl (C=O) groups is 1. The first-order valence-electron chi connectivity index (χ1n) is 6.63. The number of nitrogens with one attached hydrogen (secondary N) is 1. The summed E-state index contributed by atoms with van der Waals surface area (Å²) in [5.41, 5.74) is 5.84. The Hall–Kier alpha value is -1.53. The predicted octanol–water partition coefficient (Wildman–Crippen LogP) is 2.14. The largest absolute Gasteiger partial charge is 0.481 e. The van der Waals surface area contributed by atoms with Crippen LogP contribution in [0.3, 0.4) is 0 Å². The van der Waals surface area contributed by atoms with E-state index in [0.29, 0.717) is 22.9 Å². The first kappa shape index (κ1) is 17.5. The van der Waals surface area contributed by atoms with Gasteiger partial charge in [0.15, 0.2) is 0 Å². The number of hydrogen-bond donors (Lipinski definition) is 2. The van der Waals surface area contributed by atoms with Crippen molar-refractivity contribution in [2.75, 3.05) is 13.7 Å². The van der Waals surface area contributed by atoms with E-state index in [2.05, 4.69) is 10.3 Å². The molecule has 0 aromatic carbocycles. The van der Waals surface area contributed by atoms with Crippen molar-refractivity contribution in [2.24, 2.45) is 5.73 Å². The summed E-state index contributed by atoms with van der Waals surface area (Å²) in [6, 6.07) is 1.34. The topological polar surface area (TPSA) is 86.5 Å². The van der Waals surface area contributed by atoms with E-state index in [0.717, 1.165) is 0 Å². The molecule has 0 radical (unpaired) electrons. The summed E-state index contributed by atoms with van der Waals surface area (Å²) in [5, 5.41) is 3.24. The first-order valence-corrected chi connectivity index (χ1v) is 7.01. The lowest BCUT2D eigenvalue weighted by Crippen LogP contribution is -2.44. The molecule has 6 nitrogen and oxygen atoms in total. The summed E-state index contributed by atoms with van der Waals surface area (Å²) in [6.45, 7) is 5.63. The molecule has 0 bridgehead atoms. The van der Waals surface area contributed by atoms with Gasteiger partial charge in [0.1, 0.15) is 5.60 Å². The third-order valence-electron chi connectivity index (χ3n) is 2.61. The number of carbonyl (C=O) groups excluding carboxylic acids is 1. The van der Waals surface area contributed by atoms with Gasteiger partial charge in [0, 0.05) is 30.8 Å². The van der Waals surface area contributed by atoms with Crippen LogP contribution in [0.15, 0.2) is 12.3 Å². The van der Waals surface area contributed by atoms with E-state index < -0.39 is 11.7 Å². The average molecular weight is 316 g/mol. The SMILES string of the molecule is COc1nccc(Cl)c1CC(CN)NC(=O)OC(C)(C)C. The highest BCUT2D eigenvalue weighted by atomic mass is 35.5. The van der Waals surface area contributed by atoms with Gasteiger partial charge in [-0.1, -0.05) is 11.6 Å². The van der Waals surface area contributed by atoms with E-state index >= 15 is 0 Å². The molecule has 1 aromatic heterocycles. The normalized spacial score (nSPS) is 12.7.